The van der Waals surface area contributed by atoms with Gasteiger partial charge < -0.3 is 10.1 Å². The molecule has 1 saturated carbocycles. The van der Waals surface area contributed by atoms with Crippen molar-refractivity contribution < 1.29 is 14.3 Å². The zero-order valence-corrected chi connectivity index (χ0v) is 9.54. The first-order valence-electron chi connectivity index (χ1n) is 6.19. The van der Waals surface area contributed by atoms with Crippen molar-refractivity contribution in [1.82, 2.24) is 5.32 Å². The van der Waals surface area contributed by atoms with Crippen molar-refractivity contribution in [2.45, 2.75) is 57.1 Å². The first-order chi connectivity index (χ1) is 7.75. The number of carbonyl (C=O) groups excluding carboxylic acids is 2. The first-order valence-corrected chi connectivity index (χ1v) is 6.19. The average molecular weight is 225 g/mol. The highest BCUT2D eigenvalue weighted by Gasteiger charge is 2.26. The van der Waals surface area contributed by atoms with Crippen LogP contribution >= 0.6 is 0 Å². The van der Waals surface area contributed by atoms with E-state index in [-0.39, 0.29) is 18.1 Å². The molecule has 0 radical (unpaired) electrons. The second-order valence-electron chi connectivity index (χ2n) is 4.68. The van der Waals surface area contributed by atoms with Crippen molar-refractivity contribution >= 4 is 11.7 Å². The largest absolute Gasteiger partial charge is 0.368 e. The molecule has 0 spiro atoms. The molecule has 2 rings (SSSR count). The molecule has 1 atom stereocenters. The van der Waals surface area contributed by atoms with Crippen molar-refractivity contribution in [3.8, 4) is 0 Å². The van der Waals surface area contributed by atoms with Gasteiger partial charge in [-0.1, -0.05) is 0 Å². The standard InChI is InChI=1S/C12H19NO3/c14-10-6-4-9(5-7-10)13-12(15)11-3-1-2-8-16-11/h9,11H,1-8H2,(H,13,15). The molecular formula is C12H19NO3. The van der Waals surface area contributed by atoms with Gasteiger partial charge in [0.2, 0.25) is 5.91 Å². The molecule has 1 amide bonds. The van der Waals surface area contributed by atoms with Crippen LogP contribution in [0.4, 0.5) is 0 Å². The number of carbonyl (C=O) groups is 2. The number of hydrogen-bond acceptors (Lipinski definition) is 3. The van der Waals surface area contributed by atoms with Gasteiger partial charge in [0, 0.05) is 25.5 Å². The van der Waals surface area contributed by atoms with E-state index in [1.54, 1.807) is 0 Å². The van der Waals surface area contributed by atoms with E-state index < -0.39 is 0 Å². The Morgan fingerprint density at radius 2 is 1.94 bits per heavy atom. The lowest BCUT2D eigenvalue weighted by Gasteiger charge is -2.26. The Hall–Kier alpha value is -0.900. The third-order valence-corrected chi connectivity index (χ3v) is 3.36. The van der Waals surface area contributed by atoms with E-state index in [2.05, 4.69) is 5.32 Å². The van der Waals surface area contributed by atoms with Crippen LogP contribution in [-0.2, 0) is 14.3 Å². The predicted octanol–water partition coefficient (Wildman–Crippen LogP) is 1.18. The second kappa shape index (κ2) is 5.43. The van der Waals surface area contributed by atoms with Crippen LogP contribution in [-0.4, -0.2) is 30.4 Å². The van der Waals surface area contributed by atoms with Gasteiger partial charge in [0.1, 0.15) is 11.9 Å². The minimum Gasteiger partial charge on any atom is -0.368 e. The molecule has 4 nitrogen and oxygen atoms in total. The number of ketones is 1. The quantitative estimate of drug-likeness (QED) is 0.768. The summed E-state index contributed by atoms with van der Waals surface area (Å²) in [7, 11) is 0. The number of rotatable bonds is 2. The Morgan fingerprint density at radius 3 is 2.56 bits per heavy atom. The Kier molecular flexibility index (Phi) is 3.93. The van der Waals surface area contributed by atoms with Crippen molar-refractivity contribution in [3.05, 3.63) is 0 Å². The summed E-state index contributed by atoms with van der Waals surface area (Å²) in [5.74, 6) is 0.332. The Bertz CT molecular complexity index is 261. The summed E-state index contributed by atoms with van der Waals surface area (Å²) in [6.45, 7) is 0.696. The summed E-state index contributed by atoms with van der Waals surface area (Å²) in [6, 6.07) is 0.177. The molecule has 1 saturated heterocycles. The highest BCUT2D eigenvalue weighted by Crippen LogP contribution is 2.17. The topological polar surface area (TPSA) is 55.4 Å². The SMILES string of the molecule is O=C1CCC(NC(=O)C2CCCCO2)CC1. The summed E-state index contributed by atoms with van der Waals surface area (Å²) in [4.78, 5) is 22.9. The van der Waals surface area contributed by atoms with Crippen LogP contribution < -0.4 is 5.32 Å². The van der Waals surface area contributed by atoms with Crippen molar-refractivity contribution in [3.63, 3.8) is 0 Å². The van der Waals surface area contributed by atoms with Gasteiger partial charge in [0.05, 0.1) is 0 Å². The fourth-order valence-electron chi connectivity index (χ4n) is 2.33. The molecule has 0 aromatic heterocycles. The molecule has 90 valence electrons. The summed E-state index contributed by atoms with van der Waals surface area (Å²) in [6.07, 6.45) is 5.49. The van der Waals surface area contributed by atoms with E-state index >= 15 is 0 Å². The maximum Gasteiger partial charge on any atom is 0.249 e. The highest BCUT2D eigenvalue weighted by molar-refractivity contribution is 5.82. The number of ether oxygens (including phenoxy) is 1. The van der Waals surface area contributed by atoms with Crippen LogP contribution in [0.15, 0.2) is 0 Å². The summed E-state index contributed by atoms with van der Waals surface area (Å²) in [5, 5.41) is 2.99. The molecule has 0 aromatic rings. The molecule has 1 heterocycles. The molecule has 1 aliphatic carbocycles. The first kappa shape index (κ1) is 11.6. The lowest BCUT2D eigenvalue weighted by Crippen LogP contribution is -2.45. The summed E-state index contributed by atoms with van der Waals surface area (Å²) in [5.41, 5.74) is 0. The lowest BCUT2D eigenvalue weighted by atomic mass is 9.94. The van der Waals surface area contributed by atoms with Gasteiger partial charge in [-0.05, 0) is 32.1 Å². The molecule has 0 bridgehead atoms. The highest BCUT2D eigenvalue weighted by atomic mass is 16.5. The fraction of sp³-hybridized carbons (Fsp3) is 0.833. The number of nitrogens with one attached hydrogen (secondary N) is 1. The maximum atomic E-state index is 11.8. The van der Waals surface area contributed by atoms with Crippen LogP contribution in [0, 0.1) is 0 Å². The van der Waals surface area contributed by atoms with Gasteiger partial charge in [0.15, 0.2) is 0 Å². The normalized spacial score (nSPS) is 27.8. The van der Waals surface area contributed by atoms with Crippen molar-refractivity contribution in [2.24, 2.45) is 0 Å². The molecule has 2 fully saturated rings. The zero-order valence-electron chi connectivity index (χ0n) is 9.54. The third kappa shape index (κ3) is 3.04. The second-order valence-corrected chi connectivity index (χ2v) is 4.68. The van der Waals surface area contributed by atoms with Gasteiger partial charge in [-0.25, -0.2) is 0 Å². The number of amides is 1. The van der Waals surface area contributed by atoms with Gasteiger partial charge in [0.25, 0.3) is 0 Å². The smallest absolute Gasteiger partial charge is 0.249 e. The van der Waals surface area contributed by atoms with Crippen LogP contribution in [0.5, 0.6) is 0 Å². The van der Waals surface area contributed by atoms with Gasteiger partial charge in [-0.2, -0.15) is 0 Å². The molecule has 1 N–H and O–H groups in total. The Labute approximate surface area is 95.7 Å². The average Bonchev–Trinajstić information content (AvgIpc) is 2.33. The fourth-order valence-corrected chi connectivity index (χ4v) is 2.33. The maximum absolute atomic E-state index is 11.8. The summed E-state index contributed by atoms with van der Waals surface area (Å²) < 4.78 is 5.42. The predicted molar refractivity (Wildman–Crippen MR) is 59.0 cm³/mol. The van der Waals surface area contributed by atoms with E-state index in [0.29, 0.717) is 25.2 Å². The Balaban J connectivity index is 1.75. The summed E-state index contributed by atoms with van der Waals surface area (Å²) >= 11 is 0. The van der Waals surface area contributed by atoms with E-state index in [1.807, 2.05) is 0 Å². The molecule has 1 unspecified atom stereocenters. The molecule has 16 heavy (non-hydrogen) atoms. The zero-order chi connectivity index (χ0) is 11.4. The van der Waals surface area contributed by atoms with Crippen LogP contribution in [0.25, 0.3) is 0 Å². The van der Waals surface area contributed by atoms with Crippen molar-refractivity contribution in [1.29, 1.82) is 0 Å². The molecular weight excluding hydrogens is 206 g/mol. The van der Waals surface area contributed by atoms with Crippen LogP contribution in [0.2, 0.25) is 0 Å². The van der Waals surface area contributed by atoms with Gasteiger partial charge >= 0.3 is 0 Å². The van der Waals surface area contributed by atoms with E-state index in [4.69, 9.17) is 4.74 Å². The number of Topliss-reactive ketones (excluding diaryl/α,β-unsaturated/α-hetero) is 1. The molecule has 0 aromatic carbocycles. The van der Waals surface area contributed by atoms with Crippen molar-refractivity contribution in [2.75, 3.05) is 6.61 Å². The van der Waals surface area contributed by atoms with E-state index in [1.165, 1.54) is 0 Å². The monoisotopic (exact) mass is 225 g/mol. The molecule has 1 aliphatic heterocycles. The van der Waals surface area contributed by atoms with Gasteiger partial charge in [-0.3, -0.25) is 9.59 Å². The molecule has 2 aliphatic rings. The van der Waals surface area contributed by atoms with Crippen LogP contribution in [0.3, 0.4) is 0 Å². The molecule has 4 heteroatoms. The minimum absolute atomic E-state index is 0.0130. The van der Waals surface area contributed by atoms with Gasteiger partial charge in [-0.15, -0.1) is 0 Å². The van der Waals surface area contributed by atoms with E-state index in [9.17, 15) is 9.59 Å². The number of hydrogen-bond donors (Lipinski definition) is 1. The third-order valence-electron chi connectivity index (χ3n) is 3.36. The lowest BCUT2D eigenvalue weighted by molar-refractivity contribution is -0.137. The minimum atomic E-state index is -0.258. The van der Waals surface area contributed by atoms with Crippen LogP contribution in [0.1, 0.15) is 44.9 Å². The Morgan fingerprint density at radius 1 is 1.19 bits per heavy atom. The van der Waals surface area contributed by atoms with E-state index in [0.717, 1.165) is 32.1 Å².